The Hall–Kier alpha value is -9.14. The average Bonchev–Trinajstić information content (AvgIpc) is 4.40. The van der Waals surface area contributed by atoms with Crippen molar-refractivity contribution in [1.82, 2.24) is 29.1 Å². The lowest BCUT2D eigenvalue weighted by Crippen LogP contribution is -2.09. The van der Waals surface area contributed by atoms with Crippen molar-refractivity contribution < 1.29 is 9.15 Å². The van der Waals surface area contributed by atoms with Crippen LogP contribution >= 0.6 is 0 Å². The van der Waals surface area contributed by atoms with Crippen LogP contribution in [0.2, 0.25) is 0 Å². The van der Waals surface area contributed by atoms with Crippen molar-refractivity contribution in [3.63, 3.8) is 0 Å². The summed E-state index contributed by atoms with van der Waals surface area (Å²) in [6, 6.07) is 62.7. The summed E-state index contributed by atoms with van der Waals surface area (Å²) in [7, 11) is 0. The van der Waals surface area contributed by atoms with Gasteiger partial charge in [0, 0.05) is 27.4 Å². The lowest BCUT2D eigenvalue weighted by molar-refractivity contribution is 0.483. The molecule has 0 N–H and O–H groups in total. The van der Waals surface area contributed by atoms with E-state index < -0.39 is 0 Å². The van der Waals surface area contributed by atoms with E-state index in [1.165, 1.54) is 50.2 Å². The summed E-state index contributed by atoms with van der Waals surface area (Å²) >= 11 is 0. The second-order valence-electron chi connectivity index (χ2n) is 23.1. The molecule has 400 valence electrons. The van der Waals surface area contributed by atoms with Crippen LogP contribution in [0.3, 0.4) is 0 Å². The Morgan fingerprint density at radius 3 is 1.43 bits per heavy atom. The Bertz CT molecular complexity index is 4540. The van der Waals surface area contributed by atoms with Crippen molar-refractivity contribution in [2.45, 2.75) is 99.8 Å². The summed E-state index contributed by atoms with van der Waals surface area (Å²) < 4.78 is 19.3. The van der Waals surface area contributed by atoms with Gasteiger partial charge in [-0.25, -0.2) is 15.0 Å². The molecular formula is C73H66N6O2. The van der Waals surface area contributed by atoms with Crippen LogP contribution in [0.1, 0.15) is 118 Å². The number of benzene rings is 8. The molecule has 0 fully saturated rings. The topological polar surface area (TPSA) is 83.8 Å². The van der Waals surface area contributed by atoms with E-state index in [2.05, 4.69) is 234 Å². The molecule has 0 saturated carbocycles. The van der Waals surface area contributed by atoms with Crippen molar-refractivity contribution in [1.29, 1.82) is 0 Å². The molecule has 0 aliphatic heterocycles. The largest absolute Gasteiger partial charge is 0.457 e. The number of ether oxygens (including phenoxy) is 1. The summed E-state index contributed by atoms with van der Waals surface area (Å²) in [4.78, 5) is 21.1. The third-order valence-electron chi connectivity index (χ3n) is 16.1. The molecule has 0 aliphatic carbocycles. The fourth-order valence-electron chi connectivity index (χ4n) is 12.2. The number of furan rings is 1. The highest BCUT2D eigenvalue weighted by molar-refractivity contribution is 6.21. The number of hydrogen-bond donors (Lipinski definition) is 0. The quantitative estimate of drug-likeness (QED) is 0.121. The van der Waals surface area contributed by atoms with Crippen LogP contribution < -0.4 is 4.74 Å². The summed E-state index contributed by atoms with van der Waals surface area (Å²) in [6.07, 6.45) is 0. The number of hydrogen-bond acceptors (Lipinski definition) is 6. The van der Waals surface area contributed by atoms with Gasteiger partial charge in [0.05, 0.1) is 55.9 Å². The molecular weight excluding hydrogens is 993 g/mol. The number of aryl methyl sites for hydroxylation is 3. The molecule has 8 nitrogen and oxygen atoms in total. The summed E-state index contributed by atoms with van der Waals surface area (Å²) in [5, 5.41) is 2.86. The number of para-hydroxylation sites is 4. The predicted octanol–water partition coefficient (Wildman–Crippen LogP) is 20.1. The van der Waals surface area contributed by atoms with Crippen molar-refractivity contribution in [3.05, 3.63) is 215 Å². The molecule has 81 heavy (non-hydrogen) atoms. The van der Waals surface area contributed by atoms with Gasteiger partial charge >= 0.3 is 0 Å². The third kappa shape index (κ3) is 8.85. The van der Waals surface area contributed by atoms with Crippen molar-refractivity contribution in [2.24, 2.45) is 0 Å². The second-order valence-corrected chi connectivity index (χ2v) is 23.1. The van der Waals surface area contributed by atoms with E-state index in [0.29, 0.717) is 17.1 Å². The van der Waals surface area contributed by atoms with Crippen LogP contribution in [0, 0.1) is 20.8 Å². The molecule has 8 heteroatoms. The highest BCUT2D eigenvalue weighted by atomic mass is 16.5. The summed E-state index contributed by atoms with van der Waals surface area (Å²) in [6.45, 7) is 24.4. The molecule has 0 spiro atoms. The summed E-state index contributed by atoms with van der Waals surface area (Å²) in [5.74, 6) is 3.73. The van der Waals surface area contributed by atoms with Gasteiger partial charge in [-0.1, -0.05) is 152 Å². The van der Waals surface area contributed by atoms with Crippen LogP contribution in [-0.2, 0) is 0 Å². The van der Waals surface area contributed by atoms with E-state index in [1.54, 1.807) is 0 Å². The maximum atomic E-state index is 7.29. The van der Waals surface area contributed by atoms with Gasteiger partial charge in [0.25, 0.3) is 0 Å². The maximum Gasteiger partial charge on any atom is 0.157 e. The van der Waals surface area contributed by atoms with E-state index in [4.69, 9.17) is 29.1 Å². The Labute approximate surface area is 473 Å². The van der Waals surface area contributed by atoms with Crippen LogP contribution in [0.15, 0.2) is 180 Å². The molecule has 8 aromatic carbocycles. The molecule has 0 bridgehead atoms. The van der Waals surface area contributed by atoms with Gasteiger partial charge in [0.1, 0.15) is 28.7 Å². The van der Waals surface area contributed by atoms with Gasteiger partial charge in [-0.15, -0.1) is 0 Å². The van der Waals surface area contributed by atoms with Crippen molar-refractivity contribution in [3.8, 4) is 67.9 Å². The van der Waals surface area contributed by atoms with Crippen LogP contribution in [0.5, 0.6) is 11.5 Å². The number of pyridine rings is 2. The van der Waals surface area contributed by atoms with E-state index in [9.17, 15) is 0 Å². The highest BCUT2D eigenvalue weighted by Gasteiger charge is 2.29. The Morgan fingerprint density at radius 2 is 0.889 bits per heavy atom. The lowest BCUT2D eigenvalue weighted by atomic mass is 9.88. The maximum absolute atomic E-state index is 7.29. The van der Waals surface area contributed by atoms with Crippen LogP contribution in [-0.4, -0.2) is 29.1 Å². The monoisotopic (exact) mass is 1060 g/mol. The number of nitrogens with zero attached hydrogens (tertiary/aromatic N) is 6. The lowest BCUT2D eigenvalue weighted by Gasteiger charge is -2.24. The van der Waals surface area contributed by atoms with Crippen LogP contribution in [0.25, 0.3) is 111 Å². The van der Waals surface area contributed by atoms with Gasteiger partial charge in [-0.05, 0) is 168 Å². The minimum atomic E-state index is 0.180. The molecule has 0 atom stereocenters. The molecule has 0 amide bonds. The third-order valence-corrected chi connectivity index (χ3v) is 16.1. The van der Waals surface area contributed by atoms with Gasteiger partial charge in [0.15, 0.2) is 5.58 Å². The molecule has 13 rings (SSSR count). The first-order valence-corrected chi connectivity index (χ1v) is 28.6. The summed E-state index contributed by atoms with van der Waals surface area (Å²) in [5.41, 5.74) is 22.6. The van der Waals surface area contributed by atoms with E-state index in [0.717, 1.165) is 94.9 Å². The minimum absolute atomic E-state index is 0.180. The van der Waals surface area contributed by atoms with Crippen molar-refractivity contribution >= 4 is 54.9 Å². The first-order chi connectivity index (χ1) is 39.2. The normalized spacial score (nSPS) is 12.1. The number of imidazole rings is 2. The standard InChI is InChI=1S/C73H66N6O2/c1-41(2)55-35-51(48-23-14-12-15-24-48)36-56(42(3)4)68(55)78-64-31-20-18-29-62(64)76-72(78)50-27-22-28-53(34-50)80-54-39-60-66-59-33-45(9)74-46(10)67(59)75-47(11)70(66)81-71(60)61(40-54)73-77-63-30-19-21-32-65(63)79(73)69-57(43(5)6)37-52(38-58(69)44(7)8)49-25-16-13-17-26-49/h12-44H,1-11H3. The molecule has 0 radical (unpaired) electrons. The number of aromatic nitrogens is 6. The minimum Gasteiger partial charge on any atom is -0.457 e. The predicted molar refractivity (Wildman–Crippen MR) is 335 cm³/mol. The fraction of sp³-hybridized carbons (Fsp3) is 0.205. The molecule has 0 saturated heterocycles. The first-order valence-electron chi connectivity index (χ1n) is 28.6. The zero-order chi connectivity index (χ0) is 56.0. The zero-order valence-corrected chi connectivity index (χ0v) is 48.1. The van der Waals surface area contributed by atoms with Gasteiger partial charge in [0.2, 0.25) is 0 Å². The second kappa shape index (κ2) is 20.2. The van der Waals surface area contributed by atoms with E-state index in [1.807, 2.05) is 26.8 Å². The van der Waals surface area contributed by atoms with E-state index >= 15 is 0 Å². The smallest absolute Gasteiger partial charge is 0.157 e. The van der Waals surface area contributed by atoms with Gasteiger partial charge < -0.3 is 9.15 Å². The van der Waals surface area contributed by atoms with E-state index in [-0.39, 0.29) is 23.7 Å². The molecule has 0 unspecified atom stereocenters. The van der Waals surface area contributed by atoms with Gasteiger partial charge in [-0.3, -0.25) is 14.1 Å². The average molecular weight is 1060 g/mol. The van der Waals surface area contributed by atoms with Crippen LogP contribution in [0.4, 0.5) is 0 Å². The van der Waals surface area contributed by atoms with Crippen molar-refractivity contribution in [2.75, 3.05) is 0 Å². The molecule has 13 aromatic rings. The van der Waals surface area contributed by atoms with Gasteiger partial charge in [-0.2, -0.15) is 0 Å². The SMILES string of the molecule is Cc1cc2c(nc(C)c3oc4c(-c5nc6ccccc6n5-c5c(C(C)C)cc(-c6ccccc6)cc5C(C)C)cc(Oc5cccc(-c6nc7ccccc7n6-c6c(C(C)C)cc(-c7ccccc7)cc6C(C)C)c5)cc4c32)c(C)n1. The Balaban J connectivity index is 1.05. The number of rotatable bonds is 12. The Morgan fingerprint density at radius 1 is 0.395 bits per heavy atom. The Kier molecular flexibility index (Phi) is 12.8. The zero-order valence-electron chi connectivity index (χ0n) is 48.1. The fourth-order valence-corrected chi connectivity index (χ4v) is 12.2. The molecule has 0 aliphatic rings. The molecule has 5 aromatic heterocycles. The molecule has 5 heterocycles. The number of fused-ring (bicyclic) bond motifs is 7. The first kappa shape index (κ1) is 51.3. The highest BCUT2D eigenvalue weighted by Crippen LogP contribution is 2.47.